The highest BCUT2D eigenvalue weighted by Gasteiger charge is 2.49. The van der Waals surface area contributed by atoms with E-state index in [1.165, 1.54) is 29.1 Å². The molecular formula is C21H28ClNO3S2. The second-order valence-electron chi connectivity index (χ2n) is 8.53. The Labute approximate surface area is 180 Å². The molecule has 0 radical (unpaired) electrons. The van der Waals surface area contributed by atoms with Crippen molar-refractivity contribution in [3.63, 3.8) is 0 Å². The molecule has 0 saturated carbocycles. The fraction of sp³-hybridized carbons (Fsp3) is 0.571. The van der Waals surface area contributed by atoms with E-state index < -0.39 is 11.6 Å². The minimum Gasteiger partial charge on any atom is -0.460 e. The number of hydrogen-bond donors (Lipinski definition) is 1. The van der Waals surface area contributed by atoms with Crippen molar-refractivity contribution < 1.29 is 14.6 Å². The molecule has 4 nitrogen and oxygen atoms in total. The number of carbonyl (C=O) groups is 1. The normalized spacial score (nSPS) is 27.1. The zero-order valence-corrected chi connectivity index (χ0v) is 18.9. The number of ether oxygens (including phenoxy) is 1. The first-order valence-electron chi connectivity index (χ1n) is 9.55. The van der Waals surface area contributed by atoms with Crippen LogP contribution in [0, 0.1) is 5.41 Å². The van der Waals surface area contributed by atoms with E-state index in [0.29, 0.717) is 21.8 Å². The van der Waals surface area contributed by atoms with Gasteiger partial charge in [0.15, 0.2) is 0 Å². The van der Waals surface area contributed by atoms with Gasteiger partial charge in [-0.25, -0.2) is 4.79 Å². The molecule has 1 N–H and O–H groups in total. The molecule has 4 heterocycles. The second-order valence-corrected chi connectivity index (χ2v) is 10.4. The maximum atomic E-state index is 13.2. The van der Waals surface area contributed by atoms with Gasteiger partial charge in [-0.2, -0.15) is 0 Å². The van der Waals surface area contributed by atoms with Crippen LogP contribution in [0.5, 0.6) is 0 Å². The second kappa shape index (κ2) is 8.07. The third kappa shape index (κ3) is 3.65. The standard InChI is InChI=1S/C21H27NO3S2.ClH/c1-20(2)9-8-14-12-15(13-16(20)22(14)3)25-19(23)21(24,17-6-4-10-26-17)18-7-5-11-27-18;/h4-7,10-11,14-16,24H,8-9,12-13H2,1-3H3;1H/t14-,15-,16-;/m0./s1. The predicted octanol–water partition coefficient (Wildman–Crippen LogP) is 4.66. The molecule has 2 fully saturated rings. The first kappa shape index (κ1) is 21.8. The van der Waals surface area contributed by atoms with Crippen LogP contribution < -0.4 is 0 Å². The summed E-state index contributed by atoms with van der Waals surface area (Å²) in [6, 6.07) is 8.17. The highest BCUT2D eigenvalue weighted by molar-refractivity contribution is 7.12. The van der Waals surface area contributed by atoms with Crippen molar-refractivity contribution in [2.75, 3.05) is 7.05 Å². The Morgan fingerprint density at radius 3 is 2.36 bits per heavy atom. The minimum absolute atomic E-state index is 0. The molecule has 0 spiro atoms. The summed E-state index contributed by atoms with van der Waals surface area (Å²) >= 11 is 2.77. The number of rotatable bonds is 4. The molecule has 154 valence electrons. The predicted molar refractivity (Wildman–Crippen MR) is 116 cm³/mol. The van der Waals surface area contributed by atoms with Crippen LogP contribution in [0.1, 0.15) is 49.3 Å². The van der Waals surface area contributed by atoms with Gasteiger partial charge in [0.25, 0.3) is 0 Å². The summed E-state index contributed by atoms with van der Waals surface area (Å²) in [7, 11) is 2.20. The van der Waals surface area contributed by atoms with Crippen molar-refractivity contribution in [1.29, 1.82) is 0 Å². The number of aliphatic hydroxyl groups is 1. The number of hydrogen-bond acceptors (Lipinski definition) is 6. The topological polar surface area (TPSA) is 49.8 Å². The fourth-order valence-electron chi connectivity index (χ4n) is 4.76. The van der Waals surface area contributed by atoms with Gasteiger partial charge >= 0.3 is 5.97 Å². The van der Waals surface area contributed by atoms with Gasteiger partial charge < -0.3 is 9.84 Å². The van der Waals surface area contributed by atoms with Crippen LogP contribution in [-0.2, 0) is 15.1 Å². The molecule has 4 rings (SSSR count). The monoisotopic (exact) mass is 441 g/mol. The first-order valence-corrected chi connectivity index (χ1v) is 11.3. The lowest BCUT2D eigenvalue weighted by molar-refractivity contribution is -0.175. The third-order valence-electron chi connectivity index (χ3n) is 6.44. The maximum Gasteiger partial charge on any atom is 0.349 e. The molecule has 2 aromatic rings. The van der Waals surface area contributed by atoms with Crippen molar-refractivity contribution in [1.82, 2.24) is 4.90 Å². The molecule has 2 aliphatic heterocycles. The minimum atomic E-state index is -1.71. The molecule has 2 aromatic heterocycles. The van der Waals surface area contributed by atoms with Gasteiger partial charge in [0.2, 0.25) is 5.60 Å². The van der Waals surface area contributed by atoms with Gasteiger partial charge in [-0.3, -0.25) is 4.90 Å². The van der Waals surface area contributed by atoms with E-state index in [0.717, 1.165) is 19.3 Å². The smallest absolute Gasteiger partial charge is 0.349 e. The van der Waals surface area contributed by atoms with Crippen LogP contribution >= 0.6 is 35.1 Å². The van der Waals surface area contributed by atoms with E-state index in [1.807, 2.05) is 22.9 Å². The molecule has 7 heteroatoms. The Morgan fingerprint density at radius 2 is 1.82 bits per heavy atom. The highest BCUT2D eigenvalue weighted by atomic mass is 35.5. The van der Waals surface area contributed by atoms with Crippen molar-refractivity contribution in [3.05, 3.63) is 44.8 Å². The summed E-state index contributed by atoms with van der Waals surface area (Å²) < 4.78 is 5.98. The third-order valence-corrected chi connectivity index (χ3v) is 8.39. The molecule has 2 saturated heterocycles. The maximum absolute atomic E-state index is 13.2. The number of thiophene rings is 2. The quantitative estimate of drug-likeness (QED) is 0.701. The van der Waals surface area contributed by atoms with Gasteiger partial charge in [0, 0.05) is 18.5 Å². The zero-order chi connectivity index (χ0) is 19.2. The lowest BCUT2D eigenvalue weighted by atomic mass is 9.68. The average Bonchev–Trinajstić information content (AvgIpc) is 3.33. The summed E-state index contributed by atoms with van der Waals surface area (Å²) in [6.07, 6.45) is 3.88. The van der Waals surface area contributed by atoms with E-state index in [9.17, 15) is 9.90 Å². The lowest BCUT2D eigenvalue weighted by Gasteiger charge is -2.54. The molecule has 0 unspecified atom stereocenters. The molecule has 2 bridgehead atoms. The van der Waals surface area contributed by atoms with Crippen molar-refractivity contribution in [2.24, 2.45) is 5.41 Å². The zero-order valence-electron chi connectivity index (χ0n) is 16.5. The Kier molecular flexibility index (Phi) is 6.28. The van der Waals surface area contributed by atoms with Crippen LogP contribution in [0.15, 0.2) is 35.0 Å². The van der Waals surface area contributed by atoms with Crippen LogP contribution in [0.25, 0.3) is 0 Å². The Balaban J connectivity index is 0.00000225. The average molecular weight is 442 g/mol. The molecule has 0 aromatic carbocycles. The fourth-order valence-corrected chi connectivity index (χ4v) is 6.47. The number of fused-ring (bicyclic) bond motifs is 2. The van der Waals surface area contributed by atoms with E-state index in [2.05, 4.69) is 25.8 Å². The van der Waals surface area contributed by atoms with Crippen molar-refractivity contribution in [3.8, 4) is 0 Å². The van der Waals surface area contributed by atoms with Crippen molar-refractivity contribution >= 4 is 41.0 Å². The van der Waals surface area contributed by atoms with Gasteiger partial charge in [0.1, 0.15) is 6.10 Å². The molecule has 3 atom stereocenters. The van der Waals surface area contributed by atoms with Gasteiger partial charge in [0.05, 0.1) is 9.75 Å². The summed E-state index contributed by atoms with van der Waals surface area (Å²) in [5.41, 5.74) is -1.50. The lowest BCUT2D eigenvalue weighted by Crippen LogP contribution is -2.59. The summed E-state index contributed by atoms with van der Waals surface area (Å²) in [6.45, 7) is 4.62. The van der Waals surface area contributed by atoms with Gasteiger partial charge in [-0.15, -0.1) is 35.1 Å². The van der Waals surface area contributed by atoms with Crippen LogP contribution in [0.2, 0.25) is 0 Å². The van der Waals surface area contributed by atoms with E-state index in [1.54, 1.807) is 12.1 Å². The number of esters is 1. The van der Waals surface area contributed by atoms with E-state index in [4.69, 9.17) is 4.74 Å². The Morgan fingerprint density at radius 1 is 1.21 bits per heavy atom. The van der Waals surface area contributed by atoms with Gasteiger partial charge in [-0.05, 0) is 54.6 Å². The van der Waals surface area contributed by atoms with Crippen molar-refractivity contribution in [2.45, 2.75) is 63.3 Å². The first-order chi connectivity index (χ1) is 12.8. The SMILES string of the molecule is CN1[C@H]2CCC(C)(C)[C@@H]1C[C@@H](OC(=O)C(O)(c1cccs1)c1cccs1)C2.Cl. The van der Waals surface area contributed by atoms with Gasteiger partial charge in [-0.1, -0.05) is 26.0 Å². The Bertz CT molecular complexity index is 756. The van der Waals surface area contributed by atoms with E-state index >= 15 is 0 Å². The Hall–Kier alpha value is -0.920. The van der Waals surface area contributed by atoms with Crippen LogP contribution in [0.4, 0.5) is 0 Å². The van der Waals surface area contributed by atoms with Crippen LogP contribution in [0.3, 0.4) is 0 Å². The molecule has 0 aliphatic carbocycles. The largest absolute Gasteiger partial charge is 0.460 e. The number of carbonyl (C=O) groups excluding carboxylic acids is 1. The number of nitrogens with zero attached hydrogens (tertiary/aromatic N) is 1. The molecule has 2 aliphatic rings. The summed E-state index contributed by atoms with van der Waals surface area (Å²) in [5.74, 6) is -0.544. The molecule has 0 amide bonds. The number of piperidine rings is 2. The summed E-state index contributed by atoms with van der Waals surface area (Å²) in [4.78, 5) is 16.9. The molecule has 28 heavy (non-hydrogen) atoms. The van der Waals surface area contributed by atoms with Crippen LogP contribution in [-0.4, -0.2) is 41.2 Å². The summed E-state index contributed by atoms with van der Waals surface area (Å²) in [5, 5.41) is 15.2. The molecular weight excluding hydrogens is 414 g/mol. The van der Waals surface area contributed by atoms with E-state index in [-0.39, 0.29) is 23.9 Å². The highest BCUT2D eigenvalue weighted by Crippen LogP contribution is 2.45. The number of halogens is 1.